The zero-order chi connectivity index (χ0) is 11.1. The smallest absolute Gasteiger partial charge is 0.220 e. The fraction of sp³-hybridized carbons (Fsp3) is 0.900. The summed E-state index contributed by atoms with van der Waals surface area (Å²) in [5, 5.41) is 20.6. The van der Waals surface area contributed by atoms with Crippen LogP contribution in [0.15, 0.2) is 0 Å². The van der Waals surface area contributed by atoms with Crippen LogP contribution in [-0.2, 0) is 4.79 Å². The van der Waals surface area contributed by atoms with Crippen LogP contribution in [-0.4, -0.2) is 34.9 Å². The topological polar surface area (TPSA) is 69.6 Å². The highest BCUT2D eigenvalue weighted by molar-refractivity contribution is 5.76. The number of hydrogen-bond donors (Lipinski definition) is 3. The Bertz CT molecular complexity index is 171. The Kier molecular flexibility index (Phi) is 6.49. The average Bonchev–Trinajstić information content (AvgIpc) is 2.13. The first-order valence-electron chi connectivity index (χ1n) is 5.05. The lowest BCUT2D eigenvalue weighted by atomic mass is 10.0. The van der Waals surface area contributed by atoms with Crippen LogP contribution in [0.4, 0.5) is 0 Å². The van der Waals surface area contributed by atoms with Gasteiger partial charge in [-0.2, -0.15) is 0 Å². The molecule has 14 heavy (non-hydrogen) atoms. The lowest BCUT2D eigenvalue weighted by Crippen LogP contribution is -2.38. The Balaban J connectivity index is 3.71. The minimum Gasteiger partial charge on any atom is -0.396 e. The first-order valence-corrected chi connectivity index (χ1v) is 5.05. The summed E-state index contributed by atoms with van der Waals surface area (Å²) >= 11 is 0. The highest BCUT2D eigenvalue weighted by Crippen LogP contribution is 2.02. The second-order valence-electron chi connectivity index (χ2n) is 3.90. The fourth-order valence-electron chi connectivity index (χ4n) is 0.966. The molecule has 0 rings (SSSR count). The SMILES string of the molecule is CC(O)CCC(=O)NC(C)C(C)CO. The Morgan fingerprint density at radius 1 is 1.36 bits per heavy atom. The number of amides is 1. The molecule has 84 valence electrons. The zero-order valence-corrected chi connectivity index (χ0v) is 9.16. The van der Waals surface area contributed by atoms with Crippen LogP contribution in [0.2, 0.25) is 0 Å². The van der Waals surface area contributed by atoms with Gasteiger partial charge in [-0.3, -0.25) is 4.79 Å². The van der Waals surface area contributed by atoms with E-state index in [1.807, 2.05) is 13.8 Å². The molecule has 3 N–H and O–H groups in total. The maximum atomic E-state index is 11.3. The first kappa shape index (κ1) is 13.4. The quantitative estimate of drug-likeness (QED) is 0.581. The van der Waals surface area contributed by atoms with E-state index in [1.54, 1.807) is 6.92 Å². The number of carbonyl (C=O) groups excluding carboxylic acids is 1. The highest BCUT2D eigenvalue weighted by Gasteiger charge is 2.13. The maximum absolute atomic E-state index is 11.3. The van der Waals surface area contributed by atoms with Crippen molar-refractivity contribution in [3.8, 4) is 0 Å². The van der Waals surface area contributed by atoms with Crippen molar-refractivity contribution in [2.45, 2.75) is 45.8 Å². The van der Waals surface area contributed by atoms with Crippen molar-refractivity contribution in [1.82, 2.24) is 5.32 Å². The van der Waals surface area contributed by atoms with Crippen molar-refractivity contribution >= 4 is 5.91 Å². The molecule has 0 spiro atoms. The van der Waals surface area contributed by atoms with Gasteiger partial charge in [0, 0.05) is 19.1 Å². The van der Waals surface area contributed by atoms with E-state index >= 15 is 0 Å². The van der Waals surface area contributed by atoms with Crippen LogP contribution in [0, 0.1) is 5.92 Å². The molecule has 4 heteroatoms. The van der Waals surface area contributed by atoms with Crippen molar-refractivity contribution in [2.75, 3.05) is 6.61 Å². The molecular weight excluding hydrogens is 182 g/mol. The molecule has 0 aliphatic rings. The van der Waals surface area contributed by atoms with Crippen LogP contribution in [0.3, 0.4) is 0 Å². The van der Waals surface area contributed by atoms with Gasteiger partial charge in [0.2, 0.25) is 5.91 Å². The summed E-state index contributed by atoms with van der Waals surface area (Å²) in [4.78, 5) is 11.3. The largest absolute Gasteiger partial charge is 0.396 e. The molecule has 0 bridgehead atoms. The van der Waals surface area contributed by atoms with Crippen LogP contribution in [0.1, 0.15) is 33.6 Å². The van der Waals surface area contributed by atoms with Crippen LogP contribution in [0.5, 0.6) is 0 Å². The summed E-state index contributed by atoms with van der Waals surface area (Å²) in [6.07, 6.45) is 0.373. The molecule has 0 aromatic rings. The number of aliphatic hydroxyl groups is 2. The highest BCUT2D eigenvalue weighted by atomic mass is 16.3. The van der Waals surface area contributed by atoms with Gasteiger partial charge < -0.3 is 15.5 Å². The maximum Gasteiger partial charge on any atom is 0.220 e. The summed E-state index contributed by atoms with van der Waals surface area (Å²) in [6.45, 7) is 5.46. The predicted octanol–water partition coefficient (Wildman–Crippen LogP) is 0.281. The van der Waals surface area contributed by atoms with Crippen molar-refractivity contribution in [3.05, 3.63) is 0 Å². The molecule has 1 amide bonds. The molecule has 3 atom stereocenters. The molecule has 0 saturated carbocycles. The van der Waals surface area contributed by atoms with Gasteiger partial charge in [0.25, 0.3) is 0 Å². The van der Waals surface area contributed by atoms with E-state index < -0.39 is 6.10 Å². The Morgan fingerprint density at radius 2 is 1.93 bits per heavy atom. The Hall–Kier alpha value is -0.610. The number of nitrogens with one attached hydrogen (secondary N) is 1. The van der Waals surface area contributed by atoms with Gasteiger partial charge in [-0.1, -0.05) is 6.92 Å². The molecule has 0 aliphatic carbocycles. The van der Waals surface area contributed by atoms with E-state index in [4.69, 9.17) is 10.2 Å². The molecule has 4 nitrogen and oxygen atoms in total. The van der Waals surface area contributed by atoms with Crippen LogP contribution >= 0.6 is 0 Å². The van der Waals surface area contributed by atoms with E-state index in [9.17, 15) is 4.79 Å². The third-order valence-electron chi connectivity index (χ3n) is 2.32. The van der Waals surface area contributed by atoms with E-state index in [0.717, 1.165) is 0 Å². The third-order valence-corrected chi connectivity index (χ3v) is 2.32. The lowest BCUT2D eigenvalue weighted by Gasteiger charge is -2.19. The van der Waals surface area contributed by atoms with Gasteiger partial charge in [0.1, 0.15) is 0 Å². The number of hydrogen-bond acceptors (Lipinski definition) is 3. The molecule has 0 fully saturated rings. The van der Waals surface area contributed by atoms with Crippen molar-refractivity contribution in [1.29, 1.82) is 0 Å². The molecule has 0 saturated heterocycles. The zero-order valence-electron chi connectivity index (χ0n) is 9.16. The van der Waals surface area contributed by atoms with Gasteiger partial charge in [0.15, 0.2) is 0 Å². The number of carbonyl (C=O) groups is 1. The fourth-order valence-corrected chi connectivity index (χ4v) is 0.966. The molecule has 0 heterocycles. The molecule has 0 aliphatic heterocycles. The first-order chi connectivity index (χ1) is 6.47. The Labute approximate surface area is 85.3 Å². The van der Waals surface area contributed by atoms with Gasteiger partial charge >= 0.3 is 0 Å². The molecule has 3 unspecified atom stereocenters. The minimum atomic E-state index is -0.439. The lowest BCUT2D eigenvalue weighted by molar-refractivity contribution is -0.122. The van der Waals surface area contributed by atoms with Crippen molar-refractivity contribution in [2.24, 2.45) is 5.92 Å². The normalized spacial score (nSPS) is 17.2. The summed E-state index contributed by atoms with van der Waals surface area (Å²) in [5.74, 6) is -0.0100. The van der Waals surface area contributed by atoms with Crippen LogP contribution in [0.25, 0.3) is 0 Å². The van der Waals surface area contributed by atoms with Crippen LogP contribution < -0.4 is 5.32 Å². The summed E-state index contributed by atoms with van der Waals surface area (Å²) in [5.41, 5.74) is 0. The molecule has 0 radical (unpaired) electrons. The number of aliphatic hydroxyl groups excluding tert-OH is 2. The Morgan fingerprint density at radius 3 is 2.36 bits per heavy atom. The summed E-state index contributed by atoms with van der Waals surface area (Å²) in [6, 6.07) is -0.0264. The van der Waals surface area contributed by atoms with Gasteiger partial charge in [0.05, 0.1) is 6.10 Å². The van der Waals surface area contributed by atoms with Crippen molar-refractivity contribution < 1.29 is 15.0 Å². The van der Waals surface area contributed by atoms with Crippen molar-refractivity contribution in [3.63, 3.8) is 0 Å². The molecule has 0 aromatic heterocycles. The van der Waals surface area contributed by atoms with Gasteiger partial charge in [-0.05, 0) is 26.2 Å². The summed E-state index contributed by atoms with van der Waals surface area (Å²) < 4.78 is 0. The third kappa shape index (κ3) is 5.94. The molecular formula is C10H21NO3. The van der Waals surface area contributed by atoms with E-state index in [-0.39, 0.29) is 24.5 Å². The van der Waals surface area contributed by atoms with E-state index in [0.29, 0.717) is 12.8 Å². The summed E-state index contributed by atoms with van der Waals surface area (Å²) in [7, 11) is 0. The average molecular weight is 203 g/mol. The van der Waals surface area contributed by atoms with Gasteiger partial charge in [-0.25, -0.2) is 0 Å². The van der Waals surface area contributed by atoms with E-state index in [2.05, 4.69) is 5.32 Å². The minimum absolute atomic E-state index is 0.0264. The standard InChI is InChI=1S/C10H21NO3/c1-7(6-12)9(3)11-10(14)5-4-8(2)13/h7-9,12-13H,4-6H2,1-3H3,(H,11,14). The second kappa shape index (κ2) is 6.79. The van der Waals surface area contributed by atoms with Gasteiger partial charge in [-0.15, -0.1) is 0 Å². The second-order valence-corrected chi connectivity index (χ2v) is 3.90. The van der Waals surface area contributed by atoms with E-state index in [1.165, 1.54) is 0 Å². The molecule has 0 aromatic carbocycles. The number of rotatable bonds is 6. The predicted molar refractivity (Wildman–Crippen MR) is 54.8 cm³/mol. The monoisotopic (exact) mass is 203 g/mol.